The second-order valence-electron chi connectivity index (χ2n) is 6.24. The van der Waals surface area contributed by atoms with Crippen molar-refractivity contribution in [1.29, 1.82) is 0 Å². The molecule has 5 nitrogen and oxygen atoms in total. The molecular weight excluding hydrogens is 346 g/mol. The Morgan fingerprint density at radius 3 is 2.81 bits per heavy atom. The lowest BCUT2D eigenvalue weighted by atomic mass is 10.0. The lowest BCUT2D eigenvalue weighted by Crippen LogP contribution is -2.01. The normalized spacial score (nSPS) is 11.3. The molecule has 0 bridgehead atoms. The van der Waals surface area contributed by atoms with Crippen LogP contribution in [0, 0.1) is 0 Å². The van der Waals surface area contributed by atoms with Crippen molar-refractivity contribution in [2.24, 2.45) is 0 Å². The van der Waals surface area contributed by atoms with E-state index in [0.29, 0.717) is 23.2 Å². The van der Waals surface area contributed by atoms with Crippen LogP contribution in [0.25, 0.3) is 17.2 Å². The highest BCUT2D eigenvalue weighted by Crippen LogP contribution is 2.29. The van der Waals surface area contributed by atoms with Gasteiger partial charge in [0.15, 0.2) is 10.9 Å². The molecule has 0 atom stereocenters. The van der Waals surface area contributed by atoms with E-state index in [4.69, 9.17) is 8.94 Å². The second kappa shape index (κ2) is 7.25. The third kappa shape index (κ3) is 3.32. The molecule has 6 heteroatoms. The summed E-state index contributed by atoms with van der Waals surface area (Å²) in [7, 11) is 0. The number of benzene rings is 1. The zero-order valence-corrected chi connectivity index (χ0v) is 15.4. The number of hydrogen-bond acceptors (Lipinski definition) is 5. The Hall–Kier alpha value is -2.73. The third-order valence-electron chi connectivity index (χ3n) is 4.10. The van der Waals surface area contributed by atoms with Gasteiger partial charge in [-0.1, -0.05) is 49.0 Å². The van der Waals surface area contributed by atoms with Gasteiger partial charge in [0.2, 0.25) is 5.76 Å². The highest BCUT2D eigenvalue weighted by atomic mass is 32.2. The largest absolute Gasteiger partial charge is 0.461 e. The number of rotatable bonds is 6. The lowest BCUT2D eigenvalue weighted by Gasteiger charge is -2.15. The first-order chi connectivity index (χ1) is 12.7. The fraction of sp³-hybridized carbons (Fsp3) is 0.200. The van der Waals surface area contributed by atoms with Crippen molar-refractivity contribution in [3.63, 3.8) is 0 Å². The van der Waals surface area contributed by atoms with Gasteiger partial charge in [-0.2, -0.15) is 0 Å². The Morgan fingerprint density at radius 1 is 1.12 bits per heavy atom. The fourth-order valence-electron chi connectivity index (χ4n) is 2.83. The standard InChI is InChI=1S/C20H19N3O2S/c1-14(2)16-6-3-4-7-17(16)23-10-9-21-20(23)26-13-15-12-19(25-22-15)18-8-5-11-24-18/h3-12,14H,13H2,1-2H3. The average Bonchev–Trinajstić information content (AvgIpc) is 3.40. The number of imidazole rings is 1. The van der Waals surface area contributed by atoms with Crippen LogP contribution in [0.2, 0.25) is 0 Å². The first kappa shape index (κ1) is 16.7. The lowest BCUT2D eigenvalue weighted by molar-refractivity contribution is 0.413. The monoisotopic (exact) mass is 365 g/mol. The maximum atomic E-state index is 5.36. The van der Waals surface area contributed by atoms with Gasteiger partial charge in [0, 0.05) is 24.2 Å². The maximum absolute atomic E-state index is 5.36. The summed E-state index contributed by atoms with van der Waals surface area (Å²) in [6, 6.07) is 14.0. The topological polar surface area (TPSA) is 57.0 Å². The van der Waals surface area contributed by atoms with Crippen LogP contribution in [-0.2, 0) is 5.75 Å². The fourth-order valence-corrected chi connectivity index (χ4v) is 3.67. The van der Waals surface area contributed by atoms with Gasteiger partial charge in [-0.25, -0.2) is 4.98 Å². The van der Waals surface area contributed by atoms with Crippen molar-refractivity contribution < 1.29 is 8.94 Å². The smallest absolute Gasteiger partial charge is 0.202 e. The van der Waals surface area contributed by atoms with Crippen molar-refractivity contribution in [2.75, 3.05) is 0 Å². The molecule has 3 heterocycles. The molecule has 0 saturated heterocycles. The molecule has 0 unspecified atom stereocenters. The first-order valence-electron chi connectivity index (χ1n) is 8.47. The van der Waals surface area contributed by atoms with Crippen LogP contribution >= 0.6 is 11.8 Å². The zero-order valence-electron chi connectivity index (χ0n) is 14.6. The summed E-state index contributed by atoms with van der Waals surface area (Å²) < 4.78 is 12.8. The summed E-state index contributed by atoms with van der Waals surface area (Å²) >= 11 is 1.63. The van der Waals surface area contributed by atoms with E-state index in [0.717, 1.165) is 10.9 Å². The summed E-state index contributed by atoms with van der Waals surface area (Å²) in [5, 5.41) is 5.06. The van der Waals surface area contributed by atoms with Crippen LogP contribution in [0.1, 0.15) is 31.0 Å². The number of para-hydroxylation sites is 1. The van der Waals surface area contributed by atoms with Crippen molar-refractivity contribution in [3.05, 3.63) is 72.4 Å². The Morgan fingerprint density at radius 2 is 2.00 bits per heavy atom. The zero-order chi connectivity index (χ0) is 17.9. The van der Waals surface area contributed by atoms with Gasteiger partial charge in [-0.3, -0.25) is 4.57 Å². The number of thioether (sulfide) groups is 1. The highest BCUT2D eigenvalue weighted by Gasteiger charge is 2.14. The summed E-state index contributed by atoms with van der Waals surface area (Å²) in [6.45, 7) is 4.41. The van der Waals surface area contributed by atoms with E-state index in [1.54, 1.807) is 18.0 Å². The van der Waals surface area contributed by atoms with Gasteiger partial charge in [0.1, 0.15) is 0 Å². The molecule has 0 radical (unpaired) electrons. The third-order valence-corrected chi connectivity index (χ3v) is 5.10. The quantitative estimate of drug-likeness (QED) is 0.420. The molecule has 0 aliphatic carbocycles. The van der Waals surface area contributed by atoms with Gasteiger partial charge in [0.05, 0.1) is 17.6 Å². The van der Waals surface area contributed by atoms with Crippen LogP contribution < -0.4 is 0 Å². The summed E-state index contributed by atoms with van der Waals surface area (Å²) in [4.78, 5) is 4.51. The predicted molar refractivity (Wildman–Crippen MR) is 101 cm³/mol. The van der Waals surface area contributed by atoms with Crippen LogP contribution in [0.5, 0.6) is 0 Å². The molecule has 132 valence electrons. The first-order valence-corrected chi connectivity index (χ1v) is 9.46. The molecule has 3 aromatic heterocycles. The van der Waals surface area contributed by atoms with Crippen molar-refractivity contribution in [2.45, 2.75) is 30.7 Å². The molecule has 0 N–H and O–H groups in total. The van der Waals surface area contributed by atoms with Crippen LogP contribution in [0.15, 0.2) is 75.2 Å². The van der Waals surface area contributed by atoms with E-state index in [2.05, 4.69) is 52.8 Å². The van der Waals surface area contributed by atoms with Crippen LogP contribution in [0.3, 0.4) is 0 Å². The molecule has 4 rings (SSSR count). The van der Waals surface area contributed by atoms with Crippen LogP contribution in [-0.4, -0.2) is 14.7 Å². The number of nitrogens with zero attached hydrogens (tertiary/aromatic N) is 3. The van der Waals surface area contributed by atoms with E-state index >= 15 is 0 Å². The van der Waals surface area contributed by atoms with Gasteiger partial charge in [-0.05, 0) is 29.7 Å². The van der Waals surface area contributed by atoms with Gasteiger partial charge in [0.25, 0.3) is 0 Å². The molecule has 0 saturated carbocycles. The minimum Gasteiger partial charge on any atom is -0.461 e. The number of furan rings is 1. The maximum Gasteiger partial charge on any atom is 0.202 e. The van der Waals surface area contributed by atoms with Crippen LogP contribution in [0.4, 0.5) is 0 Å². The summed E-state index contributed by atoms with van der Waals surface area (Å²) in [5.41, 5.74) is 3.32. The second-order valence-corrected chi connectivity index (χ2v) is 7.18. The molecule has 0 spiro atoms. The van der Waals surface area contributed by atoms with Crippen molar-refractivity contribution in [1.82, 2.24) is 14.7 Å². The molecule has 26 heavy (non-hydrogen) atoms. The minimum atomic E-state index is 0.442. The molecule has 0 amide bonds. The van der Waals surface area contributed by atoms with Gasteiger partial charge < -0.3 is 8.94 Å². The Kier molecular flexibility index (Phi) is 4.67. The molecule has 0 fully saturated rings. The SMILES string of the molecule is CC(C)c1ccccc1-n1ccnc1SCc1cc(-c2ccco2)on1. The summed E-state index contributed by atoms with van der Waals surface area (Å²) in [5.74, 6) is 2.43. The van der Waals surface area contributed by atoms with E-state index in [9.17, 15) is 0 Å². The van der Waals surface area contributed by atoms with E-state index in [1.165, 1.54) is 11.3 Å². The molecule has 0 aliphatic heterocycles. The number of aromatic nitrogens is 3. The van der Waals surface area contributed by atoms with Gasteiger partial charge in [-0.15, -0.1) is 0 Å². The van der Waals surface area contributed by atoms with E-state index < -0.39 is 0 Å². The van der Waals surface area contributed by atoms with Crippen molar-refractivity contribution >= 4 is 11.8 Å². The molecular formula is C20H19N3O2S. The average molecular weight is 365 g/mol. The Bertz CT molecular complexity index is 986. The Labute approximate surface area is 156 Å². The predicted octanol–water partition coefficient (Wildman–Crippen LogP) is 5.54. The summed E-state index contributed by atoms with van der Waals surface area (Å²) in [6.07, 6.45) is 5.45. The van der Waals surface area contributed by atoms with Crippen molar-refractivity contribution in [3.8, 4) is 17.2 Å². The van der Waals surface area contributed by atoms with E-state index in [1.807, 2.05) is 30.6 Å². The van der Waals surface area contributed by atoms with Gasteiger partial charge >= 0.3 is 0 Å². The molecule has 4 aromatic rings. The highest BCUT2D eigenvalue weighted by molar-refractivity contribution is 7.98. The molecule has 1 aromatic carbocycles. The molecule has 0 aliphatic rings. The number of hydrogen-bond donors (Lipinski definition) is 0. The Balaban J connectivity index is 1.54. The van der Waals surface area contributed by atoms with E-state index in [-0.39, 0.29) is 0 Å². The minimum absolute atomic E-state index is 0.442.